The molecule has 0 aromatic carbocycles. The summed E-state index contributed by atoms with van der Waals surface area (Å²) in [6.45, 7) is 7.19. The van der Waals surface area contributed by atoms with Crippen molar-refractivity contribution in [3.8, 4) is 0 Å². The second-order valence-corrected chi connectivity index (χ2v) is 5.38. The predicted molar refractivity (Wildman–Crippen MR) is 72.3 cm³/mol. The first-order valence-corrected chi connectivity index (χ1v) is 6.62. The Hall–Kier alpha value is -1.14. The molecule has 19 heavy (non-hydrogen) atoms. The van der Waals surface area contributed by atoms with Crippen LogP contribution in [0.25, 0.3) is 0 Å². The maximum Gasteiger partial charge on any atom is 0.229 e. The molecule has 0 aliphatic rings. The molecule has 0 radical (unpaired) electrons. The number of hydrogen-bond donors (Lipinski definition) is 4. The van der Waals surface area contributed by atoms with Crippen molar-refractivity contribution in [2.45, 2.75) is 46.2 Å². The first-order valence-electron chi connectivity index (χ1n) is 6.62. The van der Waals surface area contributed by atoms with E-state index in [1.165, 1.54) is 0 Å². The van der Waals surface area contributed by atoms with E-state index in [0.29, 0.717) is 0 Å². The minimum atomic E-state index is -0.425. The first-order chi connectivity index (χ1) is 8.81. The summed E-state index contributed by atoms with van der Waals surface area (Å²) in [5.74, 6) is -0.660. The fourth-order valence-corrected chi connectivity index (χ4v) is 1.51. The van der Waals surface area contributed by atoms with Crippen LogP contribution >= 0.6 is 0 Å². The summed E-state index contributed by atoms with van der Waals surface area (Å²) in [5.41, 5.74) is 0. The van der Waals surface area contributed by atoms with Crippen LogP contribution in [-0.2, 0) is 9.59 Å². The van der Waals surface area contributed by atoms with Gasteiger partial charge in [-0.2, -0.15) is 0 Å². The van der Waals surface area contributed by atoms with E-state index in [1.54, 1.807) is 0 Å². The molecule has 0 saturated heterocycles. The summed E-state index contributed by atoms with van der Waals surface area (Å²) < 4.78 is 0. The Morgan fingerprint density at radius 1 is 0.842 bits per heavy atom. The number of amides is 2. The smallest absolute Gasteiger partial charge is 0.229 e. The van der Waals surface area contributed by atoms with Crippen molar-refractivity contribution in [3.05, 3.63) is 0 Å². The van der Waals surface area contributed by atoms with Gasteiger partial charge >= 0.3 is 0 Å². The van der Waals surface area contributed by atoms with Gasteiger partial charge in [-0.15, -0.1) is 0 Å². The molecule has 2 amide bonds. The molecule has 0 aromatic heterocycles. The lowest BCUT2D eigenvalue weighted by atomic mass is 10.0. The molecule has 0 aromatic rings. The average Bonchev–Trinajstić information content (AvgIpc) is 2.32. The van der Waals surface area contributed by atoms with Crippen LogP contribution in [0.1, 0.15) is 34.1 Å². The second kappa shape index (κ2) is 8.87. The number of carbonyl (C=O) groups is 2. The zero-order valence-electron chi connectivity index (χ0n) is 12.1. The predicted octanol–water partition coefficient (Wildman–Crippen LogP) is -0.357. The lowest BCUT2D eigenvalue weighted by Crippen LogP contribution is -2.46. The van der Waals surface area contributed by atoms with Gasteiger partial charge in [-0.1, -0.05) is 27.7 Å². The highest BCUT2D eigenvalue weighted by Gasteiger charge is 2.20. The van der Waals surface area contributed by atoms with Gasteiger partial charge in [-0.3, -0.25) is 9.59 Å². The maximum atomic E-state index is 11.6. The molecule has 0 aliphatic carbocycles. The topological polar surface area (TPSA) is 98.7 Å². The molecule has 0 heterocycles. The van der Waals surface area contributed by atoms with Crippen molar-refractivity contribution in [1.29, 1.82) is 0 Å². The van der Waals surface area contributed by atoms with Crippen molar-refractivity contribution in [3.63, 3.8) is 0 Å². The molecule has 6 heteroatoms. The van der Waals surface area contributed by atoms with Crippen molar-refractivity contribution < 1.29 is 19.8 Å². The van der Waals surface area contributed by atoms with E-state index in [4.69, 9.17) is 10.2 Å². The maximum absolute atomic E-state index is 11.6. The van der Waals surface area contributed by atoms with Gasteiger partial charge in [0.2, 0.25) is 11.8 Å². The van der Waals surface area contributed by atoms with E-state index in [-0.39, 0.29) is 43.6 Å². The number of carbonyl (C=O) groups excluding carboxylic acids is 2. The average molecular weight is 274 g/mol. The number of aliphatic hydroxyl groups excluding tert-OH is 2. The monoisotopic (exact) mass is 274 g/mol. The number of aliphatic hydroxyl groups is 2. The Morgan fingerprint density at radius 2 is 1.16 bits per heavy atom. The van der Waals surface area contributed by atoms with Gasteiger partial charge in [0, 0.05) is 0 Å². The minimum Gasteiger partial charge on any atom is -0.394 e. The fraction of sp³-hybridized carbons (Fsp3) is 0.846. The Kier molecular flexibility index (Phi) is 8.34. The van der Waals surface area contributed by atoms with Gasteiger partial charge in [-0.25, -0.2) is 0 Å². The lowest BCUT2D eigenvalue weighted by molar-refractivity contribution is -0.130. The molecule has 0 rings (SSSR count). The van der Waals surface area contributed by atoms with E-state index in [0.717, 1.165) is 0 Å². The van der Waals surface area contributed by atoms with Crippen LogP contribution in [0.5, 0.6) is 0 Å². The third-order valence-corrected chi connectivity index (χ3v) is 3.02. The lowest BCUT2D eigenvalue weighted by Gasteiger charge is -2.21. The molecule has 0 aliphatic heterocycles. The highest BCUT2D eigenvalue weighted by atomic mass is 16.3. The van der Waals surface area contributed by atoms with Crippen LogP contribution in [0.15, 0.2) is 0 Å². The van der Waals surface area contributed by atoms with E-state index >= 15 is 0 Å². The standard InChI is InChI=1S/C13H26N2O4/c1-8(2)10(6-16)14-12(18)5-13(19)15-11(7-17)9(3)4/h8-11,16-17H,5-7H2,1-4H3,(H,14,18)(H,15,19)/t10-,11-/m1/s1. The summed E-state index contributed by atoms with van der Waals surface area (Å²) >= 11 is 0. The molecule has 0 spiro atoms. The quantitative estimate of drug-likeness (QED) is 0.454. The van der Waals surface area contributed by atoms with Crippen molar-refractivity contribution in [2.24, 2.45) is 11.8 Å². The highest BCUT2D eigenvalue weighted by molar-refractivity contribution is 5.97. The van der Waals surface area contributed by atoms with Gasteiger partial charge in [0.05, 0.1) is 25.3 Å². The SMILES string of the molecule is CC(C)[C@@H](CO)NC(=O)CC(=O)N[C@H](CO)C(C)C. The molecule has 0 unspecified atom stereocenters. The second-order valence-electron chi connectivity index (χ2n) is 5.38. The third-order valence-electron chi connectivity index (χ3n) is 3.02. The van der Waals surface area contributed by atoms with E-state index in [9.17, 15) is 9.59 Å². The third kappa shape index (κ3) is 7.12. The molecule has 6 nitrogen and oxygen atoms in total. The number of hydrogen-bond acceptors (Lipinski definition) is 4. The summed E-state index contributed by atoms with van der Waals surface area (Å²) in [6.07, 6.45) is -0.299. The van der Waals surface area contributed by atoms with Gasteiger partial charge in [0.1, 0.15) is 6.42 Å². The fourth-order valence-electron chi connectivity index (χ4n) is 1.51. The van der Waals surface area contributed by atoms with Crippen LogP contribution in [0, 0.1) is 11.8 Å². The Labute approximate surface area is 114 Å². The van der Waals surface area contributed by atoms with Crippen molar-refractivity contribution >= 4 is 11.8 Å². The van der Waals surface area contributed by atoms with Gasteiger partial charge < -0.3 is 20.8 Å². The van der Waals surface area contributed by atoms with E-state index < -0.39 is 11.8 Å². The van der Waals surface area contributed by atoms with Crippen LogP contribution in [0.3, 0.4) is 0 Å². The normalized spacial score (nSPS) is 14.3. The first kappa shape index (κ1) is 17.9. The molecule has 0 bridgehead atoms. The molecule has 4 N–H and O–H groups in total. The zero-order valence-corrected chi connectivity index (χ0v) is 12.1. The van der Waals surface area contributed by atoms with Crippen molar-refractivity contribution in [1.82, 2.24) is 10.6 Å². The zero-order chi connectivity index (χ0) is 15.0. The van der Waals surface area contributed by atoms with E-state index in [1.807, 2.05) is 27.7 Å². The largest absolute Gasteiger partial charge is 0.394 e. The summed E-state index contributed by atoms with van der Waals surface area (Å²) in [6, 6.07) is -0.696. The summed E-state index contributed by atoms with van der Waals surface area (Å²) in [4.78, 5) is 23.2. The molecule has 2 atom stereocenters. The summed E-state index contributed by atoms with van der Waals surface area (Å²) in [5, 5.41) is 23.4. The van der Waals surface area contributed by atoms with Crippen LogP contribution in [0.4, 0.5) is 0 Å². The van der Waals surface area contributed by atoms with Crippen molar-refractivity contribution in [2.75, 3.05) is 13.2 Å². The van der Waals surface area contributed by atoms with Gasteiger partial charge in [0.25, 0.3) is 0 Å². The number of rotatable bonds is 8. The molecule has 0 fully saturated rings. The Bertz CT molecular complexity index is 264. The van der Waals surface area contributed by atoms with Crippen LogP contribution in [0.2, 0.25) is 0 Å². The van der Waals surface area contributed by atoms with Gasteiger partial charge in [0.15, 0.2) is 0 Å². The molecule has 0 saturated carbocycles. The molecule has 112 valence electrons. The van der Waals surface area contributed by atoms with Crippen LogP contribution in [-0.4, -0.2) is 47.3 Å². The molecular formula is C13H26N2O4. The minimum absolute atomic E-state index is 0.0952. The Morgan fingerprint density at radius 3 is 1.37 bits per heavy atom. The van der Waals surface area contributed by atoms with E-state index in [2.05, 4.69) is 10.6 Å². The molecular weight excluding hydrogens is 248 g/mol. The summed E-state index contributed by atoms with van der Waals surface area (Å²) in [7, 11) is 0. The highest BCUT2D eigenvalue weighted by Crippen LogP contribution is 2.02. The number of nitrogens with one attached hydrogen (secondary N) is 2. The Balaban J connectivity index is 4.22. The van der Waals surface area contributed by atoms with Crippen LogP contribution < -0.4 is 10.6 Å². The van der Waals surface area contributed by atoms with Gasteiger partial charge in [-0.05, 0) is 11.8 Å².